The molecule has 2 nitrogen and oxygen atoms in total. The summed E-state index contributed by atoms with van der Waals surface area (Å²) in [5.74, 6) is 0. The van der Waals surface area contributed by atoms with Crippen molar-refractivity contribution in [1.82, 2.24) is 4.98 Å². The van der Waals surface area contributed by atoms with Crippen molar-refractivity contribution in [3.8, 4) is 0 Å². The van der Waals surface area contributed by atoms with E-state index in [1.807, 2.05) is 0 Å². The van der Waals surface area contributed by atoms with Crippen molar-refractivity contribution in [2.75, 3.05) is 0 Å². The van der Waals surface area contributed by atoms with Crippen LogP contribution in [-0.4, -0.2) is 4.98 Å². The Kier molecular flexibility index (Phi) is 2.85. The smallest absolute Gasteiger partial charge is 0.267 e. The second kappa shape index (κ2) is 3.53. The van der Waals surface area contributed by atoms with Gasteiger partial charge in [-0.3, -0.25) is 4.79 Å². The van der Waals surface area contributed by atoms with E-state index in [0.717, 1.165) is 6.20 Å². The van der Waals surface area contributed by atoms with Crippen LogP contribution in [0.1, 0.15) is 12.0 Å². The van der Waals surface area contributed by atoms with Gasteiger partial charge in [-0.15, -0.1) is 0 Å². The van der Waals surface area contributed by atoms with Crippen LogP contribution in [0.5, 0.6) is 0 Å². The number of hydrogen-bond donors (Lipinski definition) is 1. The van der Waals surface area contributed by atoms with Crippen LogP contribution in [0.15, 0.2) is 15.5 Å². The second-order valence-electron chi connectivity index (χ2n) is 1.99. The first-order valence-electron chi connectivity index (χ1n) is 2.88. The van der Waals surface area contributed by atoms with Crippen molar-refractivity contribution in [3.05, 3.63) is 31.6 Å². The molecule has 1 N–H and O–H groups in total. The fourth-order valence-corrected chi connectivity index (χ4v) is 1.54. The lowest BCUT2D eigenvalue weighted by molar-refractivity contribution is 0.150. The van der Waals surface area contributed by atoms with Gasteiger partial charge in [0.05, 0.1) is 5.56 Å². The standard InChI is InChI=1S/C6H3BrClF2NO/c7-2-1-11-6(12)4(8)3(2)5(9)10/h1,5H,(H,11,12). The number of aromatic amines is 1. The normalized spacial score (nSPS) is 10.8. The van der Waals surface area contributed by atoms with Crippen LogP contribution in [0.25, 0.3) is 0 Å². The van der Waals surface area contributed by atoms with Crippen LogP contribution in [0.3, 0.4) is 0 Å². The molecule has 6 heteroatoms. The molecule has 0 spiro atoms. The van der Waals surface area contributed by atoms with Gasteiger partial charge in [0.2, 0.25) is 0 Å². The number of aromatic nitrogens is 1. The molecule has 1 aromatic heterocycles. The van der Waals surface area contributed by atoms with Crippen molar-refractivity contribution in [2.24, 2.45) is 0 Å². The Hall–Kier alpha value is -0.420. The van der Waals surface area contributed by atoms with Gasteiger partial charge < -0.3 is 4.98 Å². The number of hydrogen-bond acceptors (Lipinski definition) is 1. The molecule has 0 amide bonds. The summed E-state index contributed by atoms with van der Waals surface area (Å²) in [7, 11) is 0. The largest absolute Gasteiger partial charge is 0.327 e. The van der Waals surface area contributed by atoms with Gasteiger partial charge in [-0.05, 0) is 15.9 Å². The second-order valence-corrected chi connectivity index (χ2v) is 3.23. The van der Waals surface area contributed by atoms with E-state index >= 15 is 0 Å². The molecule has 0 aromatic carbocycles. The third-order valence-corrected chi connectivity index (χ3v) is 2.27. The van der Waals surface area contributed by atoms with E-state index in [-0.39, 0.29) is 4.47 Å². The summed E-state index contributed by atoms with van der Waals surface area (Å²) >= 11 is 8.19. The van der Waals surface area contributed by atoms with Crippen LogP contribution in [0.2, 0.25) is 5.02 Å². The molecule has 0 saturated heterocycles. The highest BCUT2D eigenvalue weighted by molar-refractivity contribution is 9.10. The molecular weight excluding hydrogens is 255 g/mol. The van der Waals surface area contributed by atoms with E-state index < -0.39 is 22.6 Å². The minimum absolute atomic E-state index is 0.0992. The molecular formula is C6H3BrClF2NO. The van der Waals surface area contributed by atoms with Gasteiger partial charge in [-0.1, -0.05) is 11.6 Å². The zero-order valence-electron chi connectivity index (χ0n) is 5.57. The average molecular weight is 258 g/mol. The van der Waals surface area contributed by atoms with Gasteiger partial charge in [0.15, 0.2) is 0 Å². The van der Waals surface area contributed by atoms with Crippen LogP contribution in [0.4, 0.5) is 8.78 Å². The Morgan fingerprint density at radius 3 is 2.58 bits per heavy atom. The van der Waals surface area contributed by atoms with Crippen molar-refractivity contribution >= 4 is 27.5 Å². The molecule has 0 aliphatic carbocycles. The number of H-pyrrole nitrogens is 1. The summed E-state index contributed by atoms with van der Waals surface area (Å²) < 4.78 is 24.5. The van der Waals surface area contributed by atoms with Gasteiger partial charge in [0.1, 0.15) is 5.02 Å². The molecule has 0 bridgehead atoms. The SMILES string of the molecule is O=c1[nH]cc(Br)c(C(F)F)c1Cl. The van der Waals surface area contributed by atoms with Crippen LogP contribution in [-0.2, 0) is 0 Å². The zero-order valence-corrected chi connectivity index (χ0v) is 7.92. The van der Waals surface area contributed by atoms with Crippen LogP contribution < -0.4 is 5.56 Å². The van der Waals surface area contributed by atoms with E-state index in [0.29, 0.717) is 0 Å². The minimum atomic E-state index is -2.76. The quantitative estimate of drug-likeness (QED) is 0.825. The van der Waals surface area contributed by atoms with E-state index in [9.17, 15) is 13.6 Å². The number of halogens is 4. The third kappa shape index (κ3) is 1.67. The lowest BCUT2D eigenvalue weighted by Gasteiger charge is -2.03. The highest BCUT2D eigenvalue weighted by Crippen LogP contribution is 2.30. The van der Waals surface area contributed by atoms with Gasteiger partial charge >= 0.3 is 0 Å². The Morgan fingerprint density at radius 1 is 1.58 bits per heavy atom. The van der Waals surface area contributed by atoms with E-state index in [4.69, 9.17) is 11.6 Å². The average Bonchev–Trinajstić information content (AvgIpc) is 1.97. The third-order valence-electron chi connectivity index (χ3n) is 1.24. The molecule has 12 heavy (non-hydrogen) atoms. The Morgan fingerprint density at radius 2 is 2.17 bits per heavy atom. The summed E-state index contributed by atoms with van der Waals surface area (Å²) in [4.78, 5) is 13.0. The first-order valence-corrected chi connectivity index (χ1v) is 4.06. The van der Waals surface area contributed by atoms with Gasteiger partial charge in [0, 0.05) is 10.7 Å². The summed E-state index contributed by atoms with van der Waals surface area (Å²) in [5, 5.41) is -0.473. The van der Waals surface area contributed by atoms with Crippen LogP contribution in [0, 0.1) is 0 Å². The van der Waals surface area contributed by atoms with E-state index in [2.05, 4.69) is 20.9 Å². The molecule has 0 radical (unpaired) electrons. The molecule has 0 aliphatic heterocycles. The first kappa shape index (κ1) is 9.67. The highest BCUT2D eigenvalue weighted by atomic mass is 79.9. The Bertz CT molecular complexity index is 352. The number of pyridine rings is 1. The molecule has 66 valence electrons. The predicted octanol–water partition coefficient (Wildman–Crippen LogP) is 2.73. The number of alkyl halides is 2. The Labute approximate surface area is 79.7 Å². The maximum Gasteiger partial charge on any atom is 0.267 e. The predicted molar refractivity (Wildman–Crippen MR) is 44.7 cm³/mol. The maximum absolute atomic E-state index is 12.2. The summed E-state index contributed by atoms with van der Waals surface area (Å²) in [5.41, 5.74) is -1.18. The summed E-state index contributed by atoms with van der Waals surface area (Å²) in [6, 6.07) is 0. The van der Waals surface area contributed by atoms with E-state index in [1.165, 1.54) is 0 Å². The monoisotopic (exact) mass is 257 g/mol. The first-order chi connectivity index (χ1) is 5.54. The number of nitrogens with one attached hydrogen (secondary N) is 1. The van der Waals surface area contributed by atoms with Crippen molar-refractivity contribution in [1.29, 1.82) is 0 Å². The fourth-order valence-electron chi connectivity index (χ4n) is 0.697. The molecule has 0 unspecified atom stereocenters. The lowest BCUT2D eigenvalue weighted by atomic mass is 10.3. The van der Waals surface area contributed by atoms with Gasteiger partial charge in [-0.2, -0.15) is 0 Å². The highest BCUT2D eigenvalue weighted by Gasteiger charge is 2.17. The molecule has 0 saturated carbocycles. The minimum Gasteiger partial charge on any atom is -0.327 e. The Balaban J connectivity index is 3.43. The summed E-state index contributed by atoms with van der Waals surface area (Å²) in [6.45, 7) is 0. The molecule has 0 fully saturated rings. The van der Waals surface area contributed by atoms with Crippen molar-refractivity contribution in [3.63, 3.8) is 0 Å². The van der Waals surface area contributed by atoms with Gasteiger partial charge in [0.25, 0.3) is 12.0 Å². The fraction of sp³-hybridized carbons (Fsp3) is 0.167. The number of rotatable bonds is 1. The molecule has 1 rings (SSSR count). The van der Waals surface area contributed by atoms with Crippen LogP contribution >= 0.6 is 27.5 Å². The molecule has 1 aromatic rings. The maximum atomic E-state index is 12.2. The summed E-state index contributed by atoms with van der Waals surface area (Å²) in [6.07, 6.45) is -1.62. The van der Waals surface area contributed by atoms with E-state index in [1.54, 1.807) is 0 Å². The molecule has 1 heterocycles. The van der Waals surface area contributed by atoms with Crippen molar-refractivity contribution in [2.45, 2.75) is 6.43 Å². The molecule has 0 aliphatic rings. The van der Waals surface area contributed by atoms with Gasteiger partial charge in [-0.25, -0.2) is 8.78 Å². The molecule has 0 atom stereocenters. The topological polar surface area (TPSA) is 32.9 Å². The zero-order chi connectivity index (χ0) is 9.30. The van der Waals surface area contributed by atoms with Crippen molar-refractivity contribution < 1.29 is 8.78 Å². The lowest BCUT2D eigenvalue weighted by Crippen LogP contribution is -2.09.